The first-order chi connectivity index (χ1) is 9.02. The highest BCUT2D eigenvalue weighted by Gasteiger charge is 2.15. The molecule has 1 heterocycles. The van der Waals surface area contributed by atoms with Crippen LogP contribution in [0.4, 0.5) is 4.39 Å². The smallest absolute Gasteiger partial charge is 0.167 e. The number of fused-ring (bicyclic) bond motifs is 1. The van der Waals surface area contributed by atoms with Crippen LogP contribution in [0, 0.1) is 5.82 Å². The fraction of sp³-hybridized carbons (Fsp3) is 0.385. The van der Waals surface area contributed by atoms with E-state index in [4.69, 9.17) is 4.74 Å². The van der Waals surface area contributed by atoms with E-state index < -0.39 is 11.9 Å². The van der Waals surface area contributed by atoms with E-state index in [-0.39, 0.29) is 11.0 Å². The molecule has 2 atom stereocenters. The molecular formula is C13H15FN2O2S. The molecule has 2 rings (SSSR count). The van der Waals surface area contributed by atoms with Gasteiger partial charge in [-0.1, -0.05) is 18.7 Å². The standard InChI is InChI=1S/C13H15FN2O2S/c1-7(17)8(2)19-13-9-4-12(18-3)10(14)5-11(9)15-6-16-13/h4-8,17H,1-3H3. The molecule has 0 saturated heterocycles. The van der Waals surface area contributed by atoms with Gasteiger partial charge in [0.05, 0.1) is 18.7 Å². The van der Waals surface area contributed by atoms with Crippen LogP contribution in [0.5, 0.6) is 5.75 Å². The van der Waals surface area contributed by atoms with Crippen LogP contribution in [0.1, 0.15) is 13.8 Å². The van der Waals surface area contributed by atoms with Crippen molar-refractivity contribution in [2.45, 2.75) is 30.2 Å². The maximum Gasteiger partial charge on any atom is 0.167 e. The number of benzene rings is 1. The predicted molar refractivity (Wildman–Crippen MR) is 73.0 cm³/mol. The van der Waals surface area contributed by atoms with E-state index >= 15 is 0 Å². The highest BCUT2D eigenvalue weighted by Crippen LogP contribution is 2.32. The molecule has 0 bridgehead atoms. The number of nitrogens with zero attached hydrogens (tertiary/aromatic N) is 2. The Labute approximate surface area is 115 Å². The fourth-order valence-corrected chi connectivity index (χ4v) is 2.51. The molecule has 0 fully saturated rings. The Kier molecular flexibility index (Phi) is 4.21. The summed E-state index contributed by atoms with van der Waals surface area (Å²) in [4.78, 5) is 8.24. The van der Waals surface area contributed by atoms with Crippen molar-refractivity contribution in [1.82, 2.24) is 9.97 Å². The number of rotatable bonds is 4. The average Bonchev–Trinajstić information content (AvgIpc) is 2.38. The molecule has 19 heavy (non-hydrogen) atoms. The van der Waals surface area contributed by atoms with Gasteiger partial charge in [0.1, 0.15) is 11.4 Å². The van der Waals surface area contributed by atoms with Gasteiger partial charge >= 0.3 is 0 Å². The lowest BCUT2D eigenvalue weighted by Crippen LogP contribution is -2.15. The Morgan fingerprint density at radius 1 is 1.32 bits per heavy atom. The predicted octanol–water partition coefficient (Wildman–Crippen LogP) is 2.64. The third-order valence-corrected chi connectivity index (χ3v) is 4.16. The summed E-state index contributed by atoms with van der Waals surface area (Å²) < 4.78 is 18.6. The summed E-state index contributed by atoms with van der Waals surface area (Å²) in [7, 11) is 1.42. The molecule has 0 amide bonds. The number of aliphatic hydroxyl groups excluding tert-OH is 1. The molecule has 2 aromatic rings. The summed E-state index contributed by atoms with van der Waals surface area (Å²) in [6, 6.07) is 2.91. The number of ether oxygens (including phenoxy) is 1. The third-order valence-electron chi connectivity index (χ3n) is 2.85. The molecule has 1 aromatic heterocycles. The van der Waals surface area contributed by atoms with E-state index in [2.05, 4.69) is 9.97 Å². The quantitative estimate of drug-likeness (QED) is 0.690. The lowest BCUT2D eigenvalue weighted by Gasteiger charge is -2.14. The summed E-state index contributed by atoms with van der Waals surface area (Å²) in [5.41, 5.74) is 0.522. The second-order valence-electron chi connectivity index (χ2n) is 4.25. The van der Waals surface area contributed by atoms with Crippen molar-refractivity contribution < 1.29 is 14.2 Å². The molecule has 2 unspecified atom stereocenters. The van der Waals surface area contributed by atoms with Crippen LogP contribution < -0.4 is 4.74 Å². The summed E-state index contributed by atoms with van der Waals surface area (Å²) in [5, 5.41) is 11.0. The minimum absolute atomic E-state index is 0.0193. The van der Waals surface area contributed by atoms with Gasteiger partial charge in [-0.05, 0) is 13.0 Å². The van der Waals surface area contributed by atoms with Crippen LogP contribution >= 0.6 is 11.8 Å². The van der Waals surface area contributed by atoms with Gasteiger partial charge in [-0.3, -0.25) is 0 Å². The zero-order valence-electron chi connectivity index (χ0n) is 10.9. The van der Waals surface area contributed by atoms with E-state index in [1.165, 1.54) is 31.3 Å². The van der Waals surface area contributed by atoms with Crippen molar-refractivity contribution in [3.8, 4) is 5.75 Å². The van der Waals surface area contributed by atoms with Crippen molar-refractivity contribution >= 4 is 22.7 Å². The van der Waals surface area contributed by atoms with E-state index in [1.807, 2.05) is 6.92 Å². The van der Waals surface area contributed by atoms with Gasteiger partial charge in [-0.25, -0.2) is 14.4 Å². The normalized spacial score (nSPS) is 14.4. The van der Waals surface area contributed by atoms with Crippen molar-refractivity contribution in [2.75, 3.05) is 7.11 Å². The Bertz CT molecular complexity index is 592. The molecule has 102 valence electrons. The van der Waals surface area contributed by atoms with Crippen LogP contribution in [0.25, 0.3) is 10.9 Å². The van der Waals surface area contributed by atoms with Gasteiger partial charge in [0.2, 0.25) is 0 Å². The largest absolute Gasteiger partial charge is 0.494 e. The molecule has 1 N–H and O–H groups in total. The topological polar surface area (TPSA) is 55.2 Å². The monoisotopic (exact) mass is 282 g/mol. The number of methoxy groups -OCH3 is 1. The van der Waals surface area contributed by atoms with Crippen molar-refractivity contribution in [1.29, 1.82) is 0 Å². The van der Waals surface area contributed by atoms with Gasteiger partial charge in [0, 0.05) is 16.7 Å². The highest BCUT2D eigenvalue weighted by atomic mass is 32.2. The number of hydrogen-bond acceptors (Lipinski definition) is 5. The molecule has 0 aliphatic rings. The van der Waals surface area contributed by atoms with Crippen LogP contribution in [-0.4, -0.2) is 33.5 Å². The summed E-state index contributed by atoms with van der Waals surface area (Å²) in [6.07, 6.45) is 0.933. The molecule has 0 radical (unpaired) electrons. The zero-order chi connectivity index (χ0) is 14.0. The van der Waals surface area contributed by atoms with Gasteiger partial charge in [-0.15, -0.1) is 0 Å². The molecule has 0 aliphatic heterocycles. The van der Waals surface area contributed by atoms with E-state index in [0.29, 0.717) is 10.5 Å². The van der Waals surface area contributed by atoms with Crippen molar-refractivity contribution in [3.05, 3.63) is 24.3 Å². The first-order valence-corrected chi connectivity index (χ1v) is 6.74. The second kappa shape index (κ2) is 5.71. The second-order valence-corrected chi connectivity index (χ2v) is 5.61. The van der Waals surface area contributed by atoms with Crippen LogP contribution in [0.3, 0.4) is 0 Å². The van der Waals surface area contributed by atoms with Gasteiger partial charge in [0.25, 0.3) is 0 Å². The summed E-state index contributed by atoms with van der Waals surface area (Å²) in [6.45, 7) is 3.63. The van der Waals surface area contributed by atoms with E-state index in [0.717, 1.165) is 5.39 Å². The molecule has 0 aliphatic carbocycles. The van der Waals surface area contributed by atoms with Gasteiger partial charge in [0.15, 0.2) is 11.6 Å². The number of halogens is 1. The van der Waals surface area contributed by atoms with Gasteiger partial charge < -0.3 is 9.84 Å². The van der Waals surface area contributed by atoms with Crippen molar-refractivity contribution in [3.63, 3.8) is 0 Å². The maximum atomic E-state index is 13.6. The van der Waals surface area contributed by atoms with Crippen molar-refractivity contribution in [2.24, 2.45) is 0 Å². The number of aliphatic hydroxyl groups is 1. The molecule has 1 aromatic carbocycles. The van der Waals surface area contributed by atoms with Crippen LogP contribution in [0.15, 0.2) is 23.5 Å². The lowest BCUT2D eigenvalue weighted by atomic mass is 10.2. The molecule has 6 heteroatoms. The lowest BCUT2D eigenvalue weighted by molar-refractivity contribution is 0.196. The Balaban J connectivity index is 2.49. The number of aromatic nitrogens is 2. The molecule has 0 spiro atoms. The Morgan fingerprint density at radius 2 is 2.05 bits per heavy atom. The summed E-state index contributed by atoms with van der Waals surface area (Å²) in [5.74, 6) is -0.290. The first kappa shape index (κ1) is 14.0. The SMILES string of the molecule is COc1cc2c(SC(C)C(C)O)ncnc2cc1F. The van der Waals surface area contributed by atoms with Crippen LogP contribution in [-0.2, 0) is 0 Å². The minimum Gasteiger partial charge on any atom is -0.494 e. The summed E-state index contributed by atoms with van der Waals surface area (Å²) >= 11 is 1.43. The molecule has 4 nitrogen and oxygen atoms in total. The minimum atomic E-state index is -0.461. The first-order valence-electron chi connectivity index (χ1n) is 5.86. The average molecular weight is 282 g/mol. The number of hydrogen-bond donors (Lipinski definition) is 1. The number of thioether (sulfide) groups is 1. The highest BCUT2D eigenvalue weighted by molar-refractivity contribution is 8.00. The Morgan fingerprint density at radius 3 is 2.68 bits per heavy atom. The van der Waals surface area contributed by atoms with Crippen LogP contribution in [0.2, 0.25) is 0 Å². The van der Waals surface area contributed by atoms with E-state index in [1.54, 1.807) is 13.0 Å². The van der Waals surface area contributed by atoms with E-state index in [9.17, 15) is 9.50 Å². The zero-order valence-corrected chi connectivity index (χ0v) is 11.7. The Hall–Kier alpha value is -1.40. The van der Waals surface area contributed by atoms with Gasteiger partial charge in [-0.2, -0.15) is 0 Å². The molecular weight excluding hydrogens is 267 g/mol. The fourth-order valence-electron chi connectivity index (χ4n) is 1.56. The maximum absolute atomic E-state index is 13.6. The third kappa shape index (κ3) is 2.96. The molecule has 0 saturated carbocycles.